The van der Waals surface area contributed by atoms with E-state index >= 15 is 0 Å². The van der Waals surface area contributed by atoms with Gasteiger partial charge in [-0.25, -0.2) is 0 Å². The molecule has 0 aromatic heterocycles. The fraction of sp³-hybridized carbons (Fsp3) is 1.00. The van der Waals surface area contributed by atoms with E-state index in [0.717, 1.165) is 12.8 Å². The van der Waals surface area contributed by atoms with Crippen molar-refractivity contribution in [2.45, 2.75) is 45.2 Å². The third-order valence-electron chi connectivity index (χ3n) is 2.15. The van der Waals surface area contributed by atoms with E-state index in [1.807, 2.05) is 0 Å². The van der Waals surface area contributed by atoms with Crippen LogP contribution in [-0.2, 0) is 0 Å². The highest BCUT2D eigenvalue weighted by Crippen LogP contribution is 2.19. The van der Waals surface area contributed by atoms with Gasteiger partial charge in [-0.05, 0) is 26.7 Å². The van der Waals surface area contributed by atoms with Gasteiger partial charge in [-0.15, -0.1) is 0 Å². The van der Waals surface area contributed by atoms with Gasteiger partial charge < -0.3 is 5.21 Å². The Morgan fingerprint density at radius 1 is 1.22 bits per heavy atom. The SMILES string of the molecule is C[C@H]1CCC[C@H](C)N1O. The number of hydrogen-bond acceptors (Lipinski definition) is 2. The lowest BCUT2D eigenvalue weighted by Gasteiger charge is -2.33. The minimum absolute atomic E-state index is 0.369. The highest BCUT2D eigenvalue weighted by molar-refractivity contribution is 4.72. The molecule has 2 heteroatoms. The Bertz CT molecular complexity index is 84.9. The molecule has 2 nitrogen and oxygen atoms in total. The highest BCUT2D eigenvalue weighted by Gasteiger charge is 2.21. The van der Waals surface area contributed by atoms with Crippen molar-refractivity contribution in [1.82, 2.24) is 5.06 Å². The van der Waals surface area contributed by atoms with Crippen LogP contribution in [0.1, 0.15) is 33.1 Å². The van der Waals surface area contributed by atoms with Gasteiger partial charge in [0.1, 0.15) is 0 Å². The normalized spacial score (nSPS) is 39.0. The van der Waals surface area contributed by atoms with Gasteiger partial charge in [0.25, 0.3) is 0 Å². The van der Waals surface area contributed by atoms with Crippen molar-refractivity contribution in [3.05, 3.63) is 0 Å². The van der Waals surface area contributed by atoms with E-state index in [1.54, 1.807) is 0 Å². The third kappa shape index (κ3) is 1.43. The minimum atomic E-state index is 0.369. The van der Waals surface area contributed by atoms with Gasteiger partial charge >= 0.3 is 0 Å². The molecule has 9 heavy (non-hydrogen) atoms. The Labute approximate surface area is 56.4 Å². The van der Waals surface area contributed by atoms with E-state index < -0.39 is 0 Å². The van der Waals surface area contributed by atoms with Gasteiger partial charge in [0.15, 0.2) is 0 Å². The van der Waals surface area contributed by atoms with Crippen LogP contribution in [0.5, 0.6) is 0 Å². The van der Waals surface area contributed by atoms with Crippen LogP contribution in [0.4, 0.5) is 0 Å². The van der Waals surface area contributed by atoms with E-state index in [-0.39, 0.29) is 0 Å². The molecule has 0 radical (unpaired) electrons. The van der Waals surface area contributed by atoms with Gasteiger partial charge in [0.2, 0.25) is 0 Å². The van der Waals surface area contributed by atoms with E-state index in [0.29, 0.717) is 12.1 Å². The fourth-order valence-corrected chi connectivity index (χ4v) is 1.41. The summed E-state index contributed by atoms with van der Waals surface area (Å²) in [5.41, 5.74) is 0. The smallest absolute Gasteiger partial charge is 0.0325 e. The summed E-state index contributed by atoms with van der Waals surface area (Å²) in [5.74, 6) is 0. The van der Waals surface area contributed by atoms with Crippen molar-refractivity contribution < 1.29 is 5.21 Å². The van der Waals surface area contributed by atoms with Crippen molar-refractivity contribution >= 4 is 0 Å². The number of hydroxylamine groups is 2. The van der Waals surface area contributed by atoms with Crippen LogP contribution >= 0.6 is 0 Å². The predicted octanol–water partition coefficient (Wildman–Crippen LogP) is 1.64. The number of hydrogen-bond donors (Lipinski definition) is 1. The maximum atomic E-state index is 9.28. The zero-order chi connectivity index (χ0) is 6.85. The summed E-state index contributed by atoms with van der Waals surface area (Å²) >= 11 is 0. The van der Waals surface area contributed by atoms with Crippen molar-refractivity contribution in [2.24, 2.45) is 0 Å². The molecule has 0 amide bonds. The third-order valence-corrected chi connectivity index (χ3v) is 2.15. The largest absolute Gasteiger partial charge is 0.313 e. The molecule has 1 heterocycles. The molecular formula is C7H15NO. The average Bonchev–Trinajstić information content (AvgIpc) is 1.83. The lowest BCUT2D eigenvalue weighted by Crippen LogP contribution is -2.40. The van der Waals surface area contributed by atoms with Gasteiger partial charge in [-0.2, -0.15) is 5.06 Å². The first-order valence-electron chi connectivity index (χ1n) is 3.69. The first kappa shape index (κ1) is 7.03. The Hall–Kier alpha value is -0.0800. The minimum Gasteiger partial charge on any atom is -0.313 e. The van der Waals surface area contributed by atoms with Crippen LogP contribution in [0.3, 0.4) is 0 Å². The molecule has 1 fully saturated rings. The summed E-state index contributed by atoms with van der Waals surface area (Å²) in [7, 11) is 0. The Balaban J connectivity index is 2.41. The quantitative estimate of drug-likeness (QED) is 0.537. The summed E-state index contributed by atoms with van der Waals surface area (Å²) in [6.07, 6.45) is 3.54. The molecule has 1 aliphatic rings. The lowest BCUT2D eigenvalue weighted by atomic mass is 10.0. The molecule has 1 saturated heterocycles. The first-order chi connectivity index (χ1) is 4.22. The van der Waals surface area contributed by atoms with Crippen LogP contribution in [0.25, 0.3) is 0 Å². The van der Waals surface area contributed by atoms with Crippen molar-refractivity contribution in [2.75, 3.05) is 0 Å². The Morgan fingerprint density at radius 3 is 2.00 bits per heavy atom. The molecule has 0 aromatic carbocycles. The molecule has 0 saturated carbocycles. The highest BCUT2D eigenvalue weighted by atomic mass is 16.5. The molecule has 2 atom stereocenters. The molecule has 54 valence electrons. The number of rotatable bonds is 0. The van der Waals surface area contributed by atoms with E-state index in [2.05, 4.69) is 13.8 Å². The molecule has 1 rings (SSSR count). The summed E-state index contributed by atoms with van der Waals surface area (Å²) in [5, 5.41) is 10.8. The monoisotopic (exact) mass is 129 g/mol. The van der Waals surface area contributed by atoms with E-state index in [4.69, 9.17) is 0 Å². The maximum absolute atomic E-state index is 9.28. The zero-order valence-electron chi connectivity index (χ0n) is 6.17. The standard InChI is InChI=1S/C7H15NO/c1-6-4-3-5-7(2)8(6)9/h6-7,9H,3-5H2,1-2H3/t6-,7-/m0/s1. The van der Waals surface area contributed by atoms with E-state index in [1.165, 1.54) is 11.5 Å². The summed E-state index contributed by atoms with van der Waals surface area (Å²) in [4.78, 5) is 0. The molecule has 0 bridgehead atoms. The molecule has 0 spiro atoms. The van der Waals surface area contributed by atoms with Crippen molar-refractivity contribution in [1.29, 1.82) is 0 Å². The van der Waals surface area contributed by atoms with Crippen LogP contribution in [0.2, 0.25) is 0 Å². The van der Waals surface area contributed by atoms with Gasteiger partial charge in [0.05, 0.1) is 0 Å². The topological polar surface area (TPSA) is 23.5 Å². The van der Waals surface area contributed by atoms with Gasteiger partial charge in [-0.1, -0.05) is 6.42 Å². The Morgan fingerprint density at radius 2 is 1.67 bits per heavy atom. The lowest BCUT2D eigenvalue weighted by molar-refractivity contribution is -0.167. The number of nitrogens with zero attached hydrogens (tertiary/aromatic N) is 1. The van der Waals surface area contributed by atoms with Crippen LogP contribution in [0, 0.1) is 0 Å². The van der Waals surface area contributed by atoms with Gasteiger partial charge in [0, 0.05) is 12.1 Å². The predicted molar refractivity (Wildman–Crippen MR) is 36.4 cm³/mol. The first-order valence-corrected chi connectivity index (χ1v) is 3.69. The second-order valence-electron chi connectivity index (χ2n) is 3.01. The fourth-order valence-electron chi connectivity index (χ4n) is 1.41. The second kappa shape index (κ2) is 2.67. The molecule has 0 aliphatic carbocycles. The van der Waals surface area contributed by atoms with Gasteiger partial charge in [-0.3, -0.25) is 0 Å². The summed E-state index contributed by atoms with van der Waals surface area (Å²) in [6.45, 7) is 4.13. The average molecular weight is 129 g/mol. The van der Waals surface area contributed by atoms with Crippen molar-refractivity contribution in [3.63, 3.8) is 0 Å². The molecule has 1 aliphatic heterocycles. The zero-order valence-corrected chi connectivity index (χ0v) is 6.17. The van der Waals surface area contributed by atoms with E-state index in [9.17, 15) is 5.21 Å². The summed E-state index contributed by atoms with van der Waals surface area (Å²) in [6, 6.07) is 0.738. The van der Waals surface area contributed by atoms with Crippen LogP contribution in [0.15, 0.2) is 0 Å². The van der Waals surface area contributed by atoms with Crippen LogP contribution in [-0.4, -0.2) is 22.4 Å². The van der Waals surface area contributed by atoms with Crippen molar-refractivity contribution in [3.8, 4) is 0 Å². The Kier molecular flexibility index (Phi) is 2.09. The molecule has 0 aromatic rings. The molecular weight excluding hydrogens is 114 g/mol. The second-order valence-corrected chi connectivity index (χ2v) is 3.01. The molecule has 1 N–H and O–H groups in total. The van der Waals surface area contributed by atoms with Crippen LogP contribution < -0.4 is 0 Å². The molecule has 0 unspecified atom stereocenters. The number of piperidine rings is 1. The maximum Gasteiger partial charge on any atom is 0.0325 e. The summed E-state index contributed by atoms with van der Waals surface area (Å²) < 4.78 is 0.